The van der Waals surface area contributed by atoms with Crippen LogP contribution in [-0.2, 0) is 13.0 Å². The maximum absolute atomic E-state index is 8.87. The van der Waals surface area contributed by atoms with E-state index in [1.807, 2.05) is 48.9 Å². The summed E-state index contributed by atoms with van der Waals surface area (Å²) in [5, 5.41) is 8.87. The minimum atomic E-state index is 0.659. The summed E-state index contributed by atoms with van der Waals surface area (Å²) in [5.74, 6) is 0.866. The Labute approximate surface area is 138 Å². The summed E-state index contributed by atoms with van der Waals surface area (Å²) in [7, 11) is 0. The highest BCUT2D eigenvalue weighted by Gasteiger charge is 2.08. The van der Waals surface area contributed by atoms with Crippen molar-refractivity contribution in [1.82, 2.24) is 24.5 Å². The second kappa shape index (κ2) is 5.97. The van der Waals surface area contributed by atoms with Crippen LogP contribution in [-0.4, -0.2) is 24.5 Å². The van der Waals surface area contributed by atoms with Crippen molar-refractivity contribution in [2.45, 2.75) is 13.0 Å². The number of rotatable bonds is 4. The highest BCUT2D eigenvalue weighted by Crippen LogP contribution is 2.13. The van der Waals surface area contributed by atoms with Gasteiger partial charge in [-0.2, -0.15) is 5.26 Å². The van der Waals surface area contributed by atoms with Crippen molar-refractivity contribution in [3.63, 3.8) is 0 Å². The highest BCUT2D eigenvalue weighted by molar-refractivity contribution is 5.69. The first-order valence-corrected chi connectivity index (χ1v) is 7.59. The lowest BCUT2D eigenvalue weighted by atomic mass is 10.1. The largest absolute Gasteiger partial charge is 0.340 e. The molecule has 0 spiro atoms. The number of benzene rings is 1. The van der Waals surface area contributed by atoms with E-state index in [1.54, 1.807) is 6.20 Å². The van der Waals surface area contributed by atoms with Crippen LogP contribution < -0.4 is 0 Å². The van der Waals surface area contributed by atoms with Gasteiger partial charge in [-0.3, -0.25) is 0 Å². The molecule has 4 aromatic rings. The molecule has 0 unspecified atom stereocenters. The lowest BCUT2D eigenvalue weighted by molar-refractivity contribution is 0.746. The first-order chi connectivity index (χ1) is 11.8. The van der Waals surface area contributed by atoms with E-state index in [9.17, 15) is 0 Å². The van der Waals surface area contributed by atoms with Crippen LogP contribution in [0.2, 0.25) is 0 Å². The number of nitrogens with one attached hydrogen (secondary N) is 1. The van der Waals surface area contributed by atoms with Crippen molar-refractivity contribution in [1.29, 1.82) is 5.26 Å². The average molecular weight is 314 g/mol. The molecule has 6 nitrogen and oxygen atoms in total. The van der Waals surface area contributed by atoms with E-state index >= 15 is 0 Å². The van der Waals surface area contributed by atoms with Gasteiger partial charge in [-0.1, -0.05) is 12.1 Å². The molecule has 0 saturated heterocycles. The molecule has 0 saturated carbocycles. The van der Waals surface area contributed by atoms with Crippen molar-refractivity contribution >= 4 is 11.2 Å². The van der Waals surface area contributed by atoms with Crippen LogP contribution in [0.3, 0.4) is 0 Å². The van der Waals surface area contributed by atoms with Gasteiger partial charge in [0.25, 0.3) is 0 Å². The van der Waals surface area contributed by atoms with E-state index in [4.69, 9.17) is 5.26 Å². The second-order valence-electron chi connectivity index (χ2n) is 5.56. The number of aromatic amines is 1. The normalized spacial score (nSPS) is 10.8. The van der Waals surface area contributed by atoms with Crippen LogP contribution in [0.15, 0.2) is 55.1 Å². The number of nitrogens with zero attached hydrogens (tertiary/aromatic N) is 5. The monoisotopic (exact) mass is 314 g/mol. The van der Waals surface area contributed by atoms with E-state index < -0.39 is 0 Å². The minimum Gasteiger partial charge on any atom is -0.340 e. The van der Waals surface area contributed by atoms with Gasteiger partial charge in [-0.15, -0.1) is 0 Å². The van der Waals surface area contributed by atoms with Crippen molar-refractivity contribution < 1.29 is 0 Å². The lowest BCUT2D eigenvalue weighted by Gasteiger charge is -2.07. The zero-order chi connectivity index (χ0) is 16.4. The SMILES string of the molecule is N#Cc1ccc(Cn2cncc2Cc2nc3ncccc3[nH]2)cc1. The van der Waals surface area contributed by atoms with Gasteiger partial charge in [0.1, 0.15) is 5.82 Å². The number of nitriles is 1. The maximum atomic E-state index is 8.87. The van der Waals surface area contributed by atoms with E-state index in [-0.39, 0.29) is 0 Å². The van der Waals surface area contributed by atoms with Crippen LogP contribution in [0.4, 0.5) is 0 Å². The number of pyridine rings is 1. The lowest BCUT2D eigenvalue weighted by Crippen LogP contribution is -2.04. The number of imidazole rings is 2. The first kappa shape index (κ1) is 14.2. The van der Waals surface area contributed by atoms with E-state index in [0.29, 0.717) is 18.5 Å². The molecule has 4 rings (SSSR count). The minimum absolute atomic E-state index is 0.659. The van der Waals surface area contributed by atoms with Crippen molar-refractivity contribution in [3.05, 3.63) is 77.8 Å². The number of hydrogen-bond acceptors (Lipinski definition) is 4. The summed E-state index contributed by atoms with van der Waals surface area (Å²) < 4.78 is 2.09. The van der Waals surface area contributed by atoms with E-state index in [2.05, 4.69) is 30.6 Å². The topological polar surface area (TPSA) is 83.2 Å². The first-order valence-electron chi connectivity index (χ1n) is 7.59. The predicted octanol–water partition coefficient (Wildman–Crippen LogP) is 2.67. The molecule has 0 atom stereocenters. The van der Waals surface area contributed by atoms with Gasteiger partial charge in [-0.25, -0.2) is 15.0 Å². The van der Waals surface area contributed by atoms with Crippen LogP contribution in [0, 0.1) is 11.3 Å². The Kier molecular flexibility index (Phi) is 3.52. The second-order valence-corrected chi connectivity index (χ2v) is 5.56. The summed E-state index contributed by atoms with van der Waals surface area (Å²) in [4.78, 5) is 16.3. The standard InChI is InChI=1S/C18H14N6/c19-9-13-3-5-14(6-4-13)11-24-12-20-10-15(24)8-17-22-16-2-1-7-21-18(16)23-17/h1-7,10,12H,8,11H2,(H,21,22,23). The number of hydrogen-bond donors (Lipinski definition) is 1. The van der Waals surface area contributed by atoms with Crippen molar-refractivity contribution in [2.75, 3.05) is 0 Å². The van der Waals surface area contributed by atoms with Crippen molar-refractivity contribution in [3.8, 4) is 6.07 Å². The van der Waals surface area contributed by atoms with Gasteiger partial charge in [-0.05, 0) is 29.8 Å². The van der Waals surface area contributed by atoms with Crippen LogP contribution in [0.1, 0.15) is 22.6 Å². The zero-order valence-corrected chi connectivity index (χ0v) is 12.8. The molecule has 0 amide bonds. The van der Waals surface area contributed by atoms with E-state index in [1.165, 1.54) is 0 Å². The van der Waals surface area contributed by atoms with Gasteiger partial charge in [0.15, 0.2) is 5.65 Å². The number of aromatic nitrogens is 5. The summed E-state index contributed by atoms with van der Waals surface area (Å²) in [6, 6.07) is 13.6. The molecule has 24 heavy (non-hydrogen) atoms. The maximum Gasteiger partial charge on any atom is 0.177 e. The molecule has 3 heterocycles. The van der Waals surface area contributed by atoms with Crippen LogP contribution >= 0.6 is 0 Å². The zero-order valence-electron chi connectivity index (χ0n) is 12.8. The molecule has 0 aliphatic heterocycles. The molecule has 6 heteroatoms. The fraction of sp³-hybridized carbons (Fsp3) is 0.111. The summed E-state index contributed by atoms with van der Waals surface area (Å²) in [6.45, 7) is 0.708. The molecular formula is C18H14N6. The van der Waals surface area contributed by atoms with Gasteiger partial charge < -0.3 is 9.55 Å². The molecule has 0 radical (unpaired) electrons. The van der Waals surface area contributed by atoms with Gasteiger partial charge in [0.05, 0.1) is 23.5 Å². The Hall–Kier alpha value is -3.46. The van der Waals surface area contributed by atoms with Crippen LogP contribution in [0.25, 0.3) is 11.2 Å². The third kappa shape index (κ3) is 2.75. The molecular weight excluding hydrogens is 300 g/mol. The molecule has 3 aromatic heterocycles. The molecule has 0 fully saturated rings. The molecule has 1 N–H and O–H groups in total. The van der Waals surface area contributed by atoms with E-state index in [0.717, 1.165) is 28.2 Å². The Morgan fingerprint density at radius 1 is 1.17 bits per heavy atom. The van der Waals surface area contributed by atoms with Gasteiger partial charge in [0.2, 0.25) is 0 Å². The summed E-state index contributed by atoms with van der Waals surface area (Å²) >= 11 is 0. The summed E-state index contributed by atoms with van der Waals surface area (Å²) in [6.07, 6.45) is 6.06. The fourth-order valence-electron chi connectivity index (χ4n) is 2.67. The molecule has 0 aliphatic carbocycles. The third-order valence-electron chi connectivity index (χ3n) is 3.89. The van der Waals surface area contributed by atoms with Crippen molar-refractivity contribution in [2.24, 2.45) is 0 Å². The Morgan fingerprint density at radius 3 is 2.83 bits per heavy atom. The Balaban J connectivity index is 1.56. The Bertz CT molecular complexity index is 987. The third-order valence-corrected chi connectivity index (χ3v) is 3.89. The molecule has 0 aliphatic rings. The van der Waals surface area contributed by atoms with Crippen LogP contribution in [0.5, 0.6) is 0 Å². The number of fused-ring (bicyclic) bond motifs is 1. The summed E-state index contributed by atoms with van der Waals surface area (Å²) in [5.41, 5.74) is 4.52. The van der Waals surface area contributed by atoms with Gasteiger partial charge in [0, 0.05) is 31.1 Å². The molecule has 116 valence electrons. The smallest absolute Gasteiger partial charge is 0.177 e. The molecule has 1 aromatic carbocycles. The highest BCUT2D eigenvalue weighted by atomic mass is 15.1. The Morgan fingerprint density at radius 2 is 2.04 bits per heavy atom. The molecule has 0 bridgehead atoms. The fourth-order valence-corrected chi connectivity index (χ4v) is 2.67. The quantitative estimate of drug-likeness (QED) is 0.627. The average Bonchev–Trinajstić information content (AvgIpc) is 3.22. The van der Waals surface area contributed by atoms with Gasteiger partial charge >= 0.3 is 0 Å². The predicted molar refractivity (Wildman–Crippen MR) is 89.2 cm³/mol. The number of H-pyrrole nitrogens is 1.